The molecule has 134 valence electrons. The van der Waals surface area contributed by atoms with Crippen molar-refractivity contribution in [2.24, 2.45) is 0 Å². The quantitative estimate of drug-likeness (QED) is 0.639. The van der Waals surface area contributed by atoms with E-state index in [1.807, 2.05) is 31.2 Å². The predicted molar refractivity (Wildman–Crippen MR) is 103 cm³/mol. The predicted octanol–water partition coefficient (Wildman–Crippen LogP) is 4.93. The molecule has 3 aromatic rings. The molecule has 0 aliphatic rings. The number of benzene rings is 2. The Hall–Kier alpha value is -2.73. The topological polar surface area (TPSA) is 42.4 Å². The van der Waals surface area contributed by atoms with Gasteiger partial charge in [0.1, 0.15) is 21.5 Å². The highest BCUT2D eigenvalue weighted by Gasteiger charge is 2.22. The molecule has 1 aromatic heterocycles. The summed E-state index contributed by atoms with van der Waals surface area (Å²) in [6, 6.07) is 13.8. The lowest BCUT2D eigenvalue weighted by molar-refractivity contribution is 0.0995. The third kappa shape index (κ3) is 3.60. The molecule has 3 rings (SSSR count). The zero-order valence-electron chi connectivity index (χ0n) is 14.8. The van der Waals surface area contributed by atoms with E-state index in [9.17, 15) is 9.18 Å². The van der Waals surface area contributed by atoms with Crippen LogP contribution < -0.4 is 9.64 Å². The molecule has 0 bridgehead atoms. The van der Waals surface area contributed by atoms with Gasteiger partial charge < -0.3 is 9.64 Å². The molecule has 1 amide bonds. The highest BCUT2D eigenvalue weighted by Crippen LogP contribution is 2.31. The summed E-state index contributed by atoms with van der Waals surface area (Å²) in [6.07, 6.45) is 0. The van der Waals surface area contributed by atoms with Crippen molar-refractivity contribution in [2.75, 3.05) is 18.6 Å². The number of nitrogens with zero attached hydrogens (tertiary/aromatic N) is 2. The molecule has 26 heavy (non-hydrogen) atoms. The molecule has 6 heteroatoms. The summed E-state index contributed by atoms with van der Waals surface area (Å²) in [7, 11) is 1.57. The maximum absolute atomic E-state index is 14.0. The van der Waals surface area contributed by atoms with E-state index in [-0.39, 0.29) is 11.6 Å². The van der Waals surface area contributed by atoms with Crippen molar-refractivity contribution in [3.05, 3.63) is 64.9 Å². The Kier molecular flexibility index (Phi) is 5.32. The van der Waals surface area contributed by atoms with Crippen molar-refractivity contribution in [3.8, 4) is 16.3 Å². The number of hydrogen-bond donors (Lipinski definition) is 0. The molecular weight excluding hydrogens is 351 g/mol. The molecule has 0 aliphatic carbocycles. The Morgan fingerprint density at radius 1 is 1.19 bits per heavy atom. The summed E-state index contributed by atoms with van der Waals surface area (Å²) < 4.78 is 19.4. The molecule has 0 unspecified atom stereocenters. The Morgan fingerprint density at radius 2 is 1.88 bits per heavy atom. The van der Waals surface area contributed by atoms with Crippen molar-refractivity contribution >= 4 is 22.9 Å². The first-order valence-electron chi connectivity index (χ1n) is 8.24. The van der Waals surface area contributed by atoms with Crippen LogP contribution in [0.15, 0.2) is 48.5 Å². The Bertz CT molecular complexity index is 922. The van der Waals surface area contributed by atoms with Crippen LogP contribution in [0.4, 0.5) is 10.1 Å². The largest absolute Gasteiger partial charge is 0.494 e. The monoisotopic (exact) mass is 370 g/mol. The van der Waals surface area contributed by atoms with Crippen molar-refractivity contribution < 1.29 is 13.9 Å². The fraction of sp³-hybridized carbons (Fsp3) is 0.200. The van der Waals surface area contributed by atoms with E-state index in [0.29, 0.717) is 17.2 Å². The van der Waals surface area contributed by atoms with Gasteiger partial charge in [0.05, 0.1) is 18.0 Å². The lowest BCUT2D eigenvalue weighted by Gasteiger charge is -2.17. The number of hydrogen-bond acceptors (Lipinski definition) is 4. The first-order chi connectivity index (χ1) is 12.5. The van der Waals surface area contributed by atoms with Gasteiger partial charge in [0.15, 0.2) is 0 Å². The van der Waals surface area contributed by atoms with Crippen molar-refractivity contribution in [1.29, 1.82) is 0 Å². The van der Waals surface area contributed by atoms with E-state index < -0.39 is 5.82 Å². The number of para-hydroxylation sites is 1. The Morgan fingerprint density at radius 3 is 2.54 bits per heavy atom. The maximum atomic E-state index is 14.0. The number of rotatable bonds is 5. The van der Waals surface area contributed by atoms with Crippen LogP contribution in [0.25, 0.3) is 10.6 Å². The highest BCUT2D eigenvalue weighted by molar-refractivity contribution is 7.17. The second kappa shape index (κ2) is 7.66. The van der Waals surface area contributed by atoms with Crippen LogP contribution in [0, 0.1) is 12.7 Å². The number of ether oxygens (including phenoxy) is 1. The van der Waals surface area contributed by atoms with E-state index in [1.165, 1.54) is 22.3 Å². The molecule has 0 spiro atoms. The minimum Gasteiger partial charge on any atom is -0.494 e. The van der Waals surface area contributed by atoms with Gasteiger partial charge in [-0.2, -0.15) is 0 Å². The minimum absolute atomic E-state index is 0.243. The number of carbonyl (C=O) groups excluding carboxylic acids is 1. The Labute approximate surface area is 155 Å². The van der Waals surface area contributed by atoms with Gasteiger partial charge in [0.2, 0.25) is 0 Å². The molecule has 4 nitrogen and oxygen atoms in total. The van der Waals surface area contributed by atoms with E-state index in [4.69, 9.17) is 4.74 Å². The van der Waals surface area contributed by atoms with E-state index >= 15 is 0 Å². The third-order valence-corrected chi connectivity index (χ3v) is 5.12. The number of thiazole rings is 1. The van der Waals surface area contributed by atoms with Gasteiger partial charge in [-0.3, -0.25) is 4.79 Å². The van der Waals surface area contributed by atoms with Gasteiger partial charge in [-0.05, 0) is 50.2 Å². The average Bonchev–Trinajstić information content (AvgIpc) is 3.03. The highest BCUT2D eigenvalue weighted by atomic mass is 32.1. The van der Waals surface area contributed by atoms with Gasteiger partial charge in [0, 0.05) is 12.6 Å². The molecule has 0 saturated carbocycles. The van der Waals surface area contributed by atoms with Crippen molar-refractivity contribution in [1.82, 2.24) is 4.98 Å². The normalized spacial score (nSPS) is 10.6. The lowest BCUT2D eigenvalue weighted by Crippen LogP contribution is -2.26. The van der Waals surface area contributed by atoms with Crippen molar-refractivity contribution in [2.45, 2.75) is 13.8 Å². The second-order valence-corrected chi connectivity index (χ2v) is 6.71. The third-order valence-electron chi connectivity index (χ3n) is 3.92. The van der Waals surface area contributed by atoms with Crippen LogP contribution >= 0.6 is 11.3 Å². The van der Waals surface area contributed by atoms with Crippen LogP contribution in [0.5, 0.6) is 5.75 Å². The molecular formula is C20H19FN2O2S. The summed E-state index contributed by atoms with van der Waals surface area (Å²) in [5.74, 6) is 0.0830. The van der Waals surface area contributed by atoms with E-state index in [0.717, 1.165) is 16.3 Å². The maximum Gasteiger partial charge on any atom is 0.270 e. The molecule has 0 aliphatic heterocycles. The zero-order chi connectivity index (χ0) is 18.7. The molecule has 0 N–H and O–H groups in total. The minimum atomic E-state index is -0.433. The number of aromatic nitrogens is 1. The molecule has 0 radical (unpaired) electrons. The van der Waals surface area contributed by atoms with Gasteiger partial charge >= 0.3 is 0 Å². The Balaban J connectivity index is 1.88. The van der Waals surface area contributed by atoms with Gasteiger partial charge in [-0.25, -0.2) is 9.37 Å². The summed E-state index contributed by atoms with van der Waals surface area (Å²) in [5.41, 5.74) is 1.79. The standard InChI is InChI=1S/C20H19FN2O2S/c1-4-25-15-11-9-14(10-12-15)19-22-13(2)18(26-19)20(24)23(3)17-8-6-5-7-16(17)21/h5-12H,4H2,1-3H3. The summed E-state index contributed by atoms with van der Waals surface area (Å²) in [4.78, 5) is 19.1. The fourth-order valence-corrected chi connectivity index (χ4v) is 3.61. The number of aryl methyl sites for hydroxylation is 1. The smallest absolute Gasteiger partial charge is 0.270 e. The molecule has 0 fully saturated rings. The molecule has 2 aromatic carbocycles. The number of carbonyl (C=O) groups is 1. The van der Waals surface area contributed by atoms with E-state index in [2.05, 4.69) is 4.98 Å². The number of anilines is 1. The van der Waals surface area contributed by atoms with Gasteiger partial charge in [0.25, 0.3) is 5.91 Å². The van der Waals surface area contributed by atoms with Crippen LogP contribution in [0.1, 0.15) is 22.3 Å². The van der Waals surface area contributed by atoms with Crippen molar-refractivity contribution in [3.63, 3.8) is 0 Å². The number of halogens is 1. The number of amides is 1. The van der Waals surface area contributed by atoms with Crippen LogP contribution in [-0.2, 0) is 0 Å². The second-order valence-electron chi connectivity index (χ2n) is 5.71. The average molecular weight is 370 g/mol. The fourth-order valence-electron chi connectivity index (χ4n) is 2.56. The van der Waals surface area contributed by atoms with E-state index in [1.54, 1.807) is 32.2 Å². The van der Waals surface area contributed by atoms with Crippen LogP contribution in [-0.4, -0.2) is 24.5 Å². The van der Waals surface area contributed by atoms with Crippen LogP contribution in [0.3, 0.4) is 0 Å². The van der Waals surface area contributed by atoms with Gasteiger partial charge in [-0.1, -0.05) is 12.1 Å². The molecule has 0 atom stereocenters. The lowest BCUT2D eigenvalue weighted by atomic mass is 10.2. The summed E-state index contributed by atoms with van der Waals surface area (Å²) >= 11 is 1.30. The summed E-state index contributed by atoms with van der Waals surface area (Å²) in [6.45, 7) is 4.33. The zero-order valence-corrected chi connectivity index (χ0v) is 15.6. The first-order valence-corrected chi connectivity index (χ1v) is 9.06. The molecule has 0 saturated heterocycles. The summed E-state index contributed by atoms with van der Waals surface area (Å²) in [5, 5.41) is 0.746. The first kappa shape index (κ1) is 18.1. The van der Waals surface area contributed by atoms with Crippen LogP contribution in [0.2, 0.25) is 0 Å². The van der Waals surface area contributed by atoms with Gasteiger partial charge in [-0.15, -0.1) is 11.3 Å². The molecule has 1 heterocycles. The SMILES string of the molecule is CCOc1ccc(-c2nc(C)c(C(=O)N(C)c3ccccc3F)s2)cc1.